The number of aromatic nitrogens is 1. The summed E-state index contributed by atoms with van der Waals surface area (Å²) in [5, 5.41) is 61.0. The minimum atomic E-state index is -1.84. The largest absolute Gasteiger partial charge is 0.465 e. The van der Waals surface area contributed by atoms with E-state index in [-0.39, 0.29) is 23.8 Å². The fraction of sp³-hybridized carbons (Fsp3) is 0.667. The molecule has 0 aromatic carbocycles. The fourth-order valence-electron chi connectivity index (χ4n) is 4.46. The van der Waals surface area contributed by atoms with Crippen LogP contribution in [0, 0.1) is 10.8 Å². The third kappa shape index (κ3) is 5.92. The molecule has 0 spiro atoms. The highest BCUT2D eigenvalue weighted by Crippen LogP contribution is 2.59. The van der Waals surface area contributed by atoms with E-state index in [2.05, 4.69) is 10.3 Å². The first-order valence-corrected chi connectivity index (χ1v) is 12.2. The molecule has 0 radical (unpaired) electrons. The molecule has 7 atom stereocenters. The molecular formula is C21H32N6O8S. The van der Waals surface area contributed by atoms with Crippen LogP contribution in [0.3, 0.4) is 0 Å². The number of thiazole rings is 1. The summed E-state index contributed by atoms with van der Waals surface area (Å²) in [4.78, 5) is 44.0. The van der Waals surface area contributed by atoms with Gasteiger partial charge in [-0.15, -0.1) is 11.3 Å². The van der Waals surface area contributed by atoms with Gasteiger partial charge in [-0.1, -0.05) is 6.92 Å². The van der Waals surface area contributed by atoms with E-state index < -0.39 is 61.5 Å². The third-order valence-electron chi connectivity index (χ3n) is 6.71. The number of hydrogen-bond acceptors (Lipinski definition) is 10. The highest BCUT2D eigenvalue weighted by Gasteiger charge is 2.64. The van der Waals surface area contributed by atoms with E-state index in [1.807, 2.05) is 6.92 Å². The summed E-state index contributed by atoms with van der Waals surface area (Å²) in [5.41, 5.74) is 5.45. The van der Waals surface area contributed by atoms with E-state index in [0.717, 1.165) is 0 Å². The Balaban J connectivity index is 1.65. The van der Waals surface area contributed by atoms with Crippen molar-refractivity contribution in [3.8, 4) is 0 Å². The number of carboxylic acid groups (broad SMARTS) is 1. The molecule has 1 aromatic heterocycles. The van der Waals surface area contributed by atoms with Gasteiger partial charge in [0, 0.05) is 11.4 Å². The zero-order chi connectivity index (χ0) is 26.9. The molecule has 1 saturated carbocycles. The molecule has 14 nitrogen and oxygen atoms in total. The quantitative estimate of drug-likeness (QED) is 0.115. The fourth-order valence-corrected chi connectivity index (χ4v) is 5.19. The zero-order valence-electron chi connectivity index (χ0n) is 19.9. The average molecular weight is 529 g/mol. The number of aliphatic hydroxyl groups excluding tert-OH is 4. The first-order chi connectivity index (χ1) is 16.7. The molecule has 15 heteroatoms. The van der Waals surface area contributed by atoms with Gasteiger partial charge >= 0.3 is 6.09 Å². The SMILES string of the molecule is CC(O)C(O)C(O)C(O)CN(CC(=O)N1[C@H]2C[C@@]2(C)C[C@H]1C(=O)NCc1nc(C(=N)N)cs1)C(=O)O. The zero-order valence-corrected chi connectivity index (χ0v) is 20.7. The molecule has 2 fully saturated rings. The van der Waals surface area contributed by atoms with Crippen LogP contribution >= 0.6 is 11.3 Å². The number of likely N-dealkylation sites (tertiary alicyclic amines) is 1. The minimum Gasteiger partial charge on any atom is -0.465 e. The first kappa shape index (κ1) is 27.7. The Morgan fingerprint density at radius 1 is 1.31 bits per heavy atom. The number of hydrogen-bond donors (Lipinski definition) is 8. The topological polar surface area (TPSA) is 234 Å². The molecule has 2 heterocycles. The highest BCUT2D eigenvalue weighted by atomic mass is 32.1. The number of amidine groups is 1. The van der Waals surface area contributed by atoms with Crippen LogP contribution < -0.4 is 11.1 Å². The van der Waals surface area contributed by atoms with Crippen molar-refractivity contribution in [2.24, 2.45) is 11.1 Å². The first-order valence-electron chi connectivity index (χ1n) is 11.3. The van der Waals surface area contributed by atoms with Gasteiger partial charge in [-0.25, -0.2) is 9.78 Å². The summed E-state index contributed by atoms with van der Waals surface area (Å²) in [6.45, 7) is 1.85. The number of amides is 3. The Morgan fingerprint density at radius 3 is 2.53 bits per heavy atom. The molecular weight excluding hydrogens is 496 g/mol. The molecule has 3 rings (SSSR count). The molecule has 1 aliphatic carbocycles. The number of nitrogens with two attached hydrogens (primary N) is 1. The number of rotatable bonds is 11. The van der Waals surface area contributed by atoms with E-state index in [1.54, 1.807) is 5.38 Å². The summed E-state index contributed by atoms with van der Waals surface area (Å²) in [7, 11) is 0. The van der Waals surface area contributed by atoms with Crippen molar-refractivity contribution in [2.75, 3.05) is 13.1 Å². The van der Waals surface area contributed by atoms with E-state index in [4.69, 9.17) is 11.1 Å². The van der Waals surface area contributed by atoms with Gasteiger partial charge in [0.15, 0.2) is 0 Å². The van der Waals surface area contributed by atoms with E-state index >= 15 is 0 Å². The molecule has 3 amide bonds. The smallest absolute Gasteiger partial charge is 0.407 e. The van der Waals surface area contributed by atoms with Crippen LogP contribution in [0.4, 0.5) is 4.79 Å². The van der Waals surface area contributed by atoms with Crippen molar-refractivity contribution in [3.63, 3.8) is 0 Å². The number of piperidine rings is 1. The highest BCUT2D eigenvalue weighted by molar-refractivity contribution is 7.09. The van der Waals surface area contributed by atoms with Gasteiger partial charge in [-0.3, -0.25) is 19.9 Å². The van der Waals surface area contributed by atoms with Crippen LogP contribution in [-0.4, -0.2) is 114 Å². The number of nitrogens with one attached hydrogen (secondary N) is 2. The number of aliphatic hydroxyl groups is 4. The van der Waals surface area contributed by atoms with Gasteiger partial charge in [0.2, 0.25) is 11.8 Å². The van der Waals surface area contributed by atoms with Crippen LogP contribution in [0.25, 0.3) is 0 Å². The van der Waals surface area contributed by atoms with Crippen molar-refractivity contribution in [2.45, 2.75) is 69.7 Å². The minimum absolute atomic E-state index is 0.0770. The van der Waals surface area contributed by atoms with Crippen LogP contribution in [0.2, 0.25) is 0 Å². The molecule has 1 aromatic rings. The molecule has 36 heavy (non-hydrogen) atoms. The lowest BCUT2D eigenvalue weighted by Gasteiger charge is -2.31. The van der Waals surface area contributed by atoms with Crippen molar-refractivity contribution < 1.29 is 39.9 Å². The molecule has 2 aliphatic rings. The number of carbonyl (C=O) groups is 3. The van der Waals surface area contributed by atoms with E-state index in [9.17, 15) is 39.9 Å². The molecule has 9 N–H and O–H groups in total. The Bertz CT molecular complexity index is 1020. The Labute approximate surface area is 210 Å². The second-order valence-electron chi connectivity index (χ2n) is 9.61. The maximum Gasteiger partial charge on any atom is 0.407 e. The van der Waals surface area contributed by atoms with Crippen LogP contribution in [-0.2, 0) is 16.1 Å². The second kappa shape index (κ2) is 10.6. The van der Waals surface area contributed by atoms with Gasteiger partial charge in [0.25, 0.3) is 0 Å². The predicted octanol–water partition coefficient (Wildman–Crippen LogP) is -2.13. The molecule has 200 valence electrons. The van der Waals surface area contributed by atoms with Crippen LogP contribution in [0.1, 0.15) is 37.4 Å². The van der Waals surface area contributed by atoms with E-state index in [0.29, 0.717) is 28.4 Å². The number of carbonyl (C=O) groups excluding carboxylic acids is 2. The maximum absolute atomic E-state index is 13.2. The lowest BCUT2D eigenvalue weighted by Crippen LogP contribution is -2.53. The molecule has 1 saturated heterocycles. The molecule has 0 bridgehead atoms. The van der Waals surface area contributed by atoms with Crippen LogP contribution in [0.15, 0.2) is 5.38 Å². The second-order valence-corrected chi connectivity index (χ2v) is 10.5. The lowest BCUT2D eigenvalue weighted by atomic mass is 10.0. The van der Waals surface area contributed by atoms with Crippen molar-refractivity contribution in [1.29, 1.82) is 5.41 Å². The number of nitrogens with zero attached hydrogens (tertiary/aromatic N) is 3. The van der Waals surface area contributed by atoms with Crippen molar-refractivity contribution in [1.82, 2.24) is 20.1 Å². The summed E-state index contributed by atoms with van der Waals surface area (Å²) in [6, 6.07) is -1.05. The summed E-state index contributed by atoms with van der Waals surface area (Å²) >= 11 is 1.22. The standard InChI is InChI=1S/C21H32N6O8S/c1-9(28)16(31)17(32)12(29)6-26(20(34)35)7-15(30)27-11(3-21(2)4-13(21)27)19(33)24-5-14-25-10(8-36-14)18(22)23/h8-9,11-13,16-17,28-29,31-32H,3-7H2,1-2H3,(H3,22,23)(H,24,33)(H,34,35)/t9?,11-,12?,13-,16?,17?,21+/m0/s1. The van der Waals surface area contributed by atoms with Crippen LogP contribution in [0.5, 0.6) is 0 Å². The number of fused-ring (bicyclic) bond motifs is 1. The Hall–Kier alpha value is -2.85. The van der Waals surface area contributed by atoms with Crippen molar-refractivity contribution >= 4 is 35.1 Å². The van der Waals surface area contributed by atoms with Gasteiger partial charge in [0.1, 0.15) is 47.4 Å². The van der Waals surface area contributed by atoms with E-state index in [1.165, 1.54) is 23.2 Å². The lowest BCUT2D eigenvalue weighted by molar-refractivity contribution is -0.141. The molecule has 1 aliphatic heterocycles. The van der Waals surface area contributed by atoms with Crippen molar-refractivity contribution in [3.05, 3.63) is 16.1 Å². The normalized spacial score (nSPS) is 25.9. The average Bonchev–Trinajstić information content (AvgIpc) is 3.13. The maximum atomic E-state index is 13.2. The van der Waals surface area contributed by atoms with Gasteiger partial charge in [-0.2, -0.15) is 0 Å². The predicted molar refractivity (Wildman–Crippen MR) is 126 cm³/mol. The Kier molecular flexibility index (Phi) is 8.20. The number of nitrogen functional groups attached to an aromatic ring is 1. The third-order valence-corrected chi connectivity index (χ3v) is 7.56. The Morgan fingerprint density at radius 2 is 1.97 bits per heavy atom. The summed E-state index contributed by atoms with van der Waals surface area (Å²) < 4.78 is 0. The monoisotopic (exact) mass is 528 g/mol. The summed E-state index contributed by atoms with van der Waals surface area (Å²) in [6.07, 6.45) is -7.15. The van der Waals surface area contributed by atoms with Gasteiger partial charge < -0.3 is 41.5 Å². The molecule has 4 unspecified atom stereocenters. The summed E-state index contributed by atoms with van der Waals surface area (Å²) in [5.74, 6) is -1.24. The van der Waals surface area contributed by atoms with Gasteiger partial charge in [0.05, 0.1) is 19.2 Å². The van der Waals surface area contributed by atoms with Gasteiger partial charge in [-0.05, 0) is 25.2 Å².